The summed E-state index contributed by atoms with van der Waals surface area (Å²) in [5.74, 6) is 0. The molecule has 0 atom stereocenters. The second-order valence-corrected chi connectivity index (χ2v) is 13.7. The first kappa shape index (κ1) is 25.6. The Labute approximate surface area is 192 Å². The van der Waals surface area contributed by atoms with E-state index in [0.29, 0.717) is 11.0 Å². The second-order valence-electron chi connectivity index (χ2n) is 8.63. The number of hydrogen-bond donors (Lipinski definition) is 0. The minimum Gasteiger partial charge on any atom is -0.261 e. The molecule has 0 bridgehead atoms. The standard InChI is InChI=1S/C18H27N7OP.F6P/c26-18-17-16(8-7-9-19-17)20-21-25(18)27(22-10-1-2-11-22,23-12-3-4-13-23)24-14-5-6-15-24;1-7(2,3,4,5)6/h7-9H,1-6,10-15H2;/q+1;-1. The smallest absolute Gasteiger partial charge is 0.261 e. The van der Waals surface area contributed by atoms with Crippen molar-refractivity contribution in [1.29, 1.82) is 0 Å². The molecule has 0 spiro atoms. The summed E-state index contributed by atoms with van der Waals surface area (Å²) < 4.78 is 68.7. The molecule has 5 heterocycles. The molecule has 2 aromatic heterocycles. The van der Waals surface area contributed by atoms with E-state index in [1.54, 1.807) is 10.6 Å². The fourth-order valence-corrected chi connectivity index (χ4v) is 9.58. The molecule has 3 saturated heterocycles. The summed E-state index contributed by atoms with van der Waals surface area (Å²) >= 11 is 0. The van der Waals surface area contributed by atoms with E-state index in [-0.39, 0.29) is 5.56 Å². The molecule has 16 heteroatoms. The van der Waals surface area contributed by atoms with E-state index in [4.69, 9.17) is 0 Å². The molecule has 0 aromatic carbocycles. The van der Waals surface area contributed by atoms with Crippen LogP contribution in [0.5, 0.6) is 0 Å². The third-order valence-electron chi connectivity index (χ3n) is 6.05. The van der Waals surface area contributed by atoms with E-state index in [1.807, 2.05) is 12.1 Å². The molecule has 34 heavy (non-hydrogen) atoms. The minimum atomic E-state index is -10.7. The molecule has 3 aliphatic rings. The maximum Gasteiger partial charge on any atom is 0.359 e. The third kappa shape index (κ3) is 5.84. The van der Waals surface area contributed by atoms with Crippen molar-refractivity contribution in [3.8, 4) is 0 Å². The van der Waals surface area contributed by atoms with Gasteiger partial charge in [-0.05, 0) is 60.3 Å². The van der Waals surface area contributed by atoms with Gasteiger partial charge in [-0.3, -0.25) is 4.79 Å². The van der Waals surface area contributed by atoms with Gasteiger partial charge in [-0.25, -0.2) is 4.98 Å². The predicted molar refractivity (Wildman–Crippen MR) is 120 cm³/mol. The van der Waals surface area contributed by atoms with Gasteiger partial charge in [-0.15, -0.1) is 19.1 Å². The Balaban J connectivity index is 0.000000344. The number of aromatic nitrogens is 4. The van der Waals surface area contributed by atoms with Gasteiger partial charge in [0.25, 0.3) is 0 Å². The van der Waals surface area contributed by atoms with Crippen LogP contribution in [0.1, 0.15) is 38.5 Å². The van der Waals surface area contributed by atoms with Crippen LogP contribution < -0.4 is 5.56 Å². The fraction of sp³-hybridized carbons (Fsp3) is 0.667. The van der Waals surface area contributed by atoms with Crippen molar-refractivity contribution in [2.45, 2.75) is 38.5 Å². The first-order valence-electron chi connectivity index (χ1n) is 11.2. The van der Waals surface area contributed by atoms with Gasteiger partial charge in [-0.2, -0.15) is 0 Å². The Morgan fingerprint density at radius 1 is 0.765 bits per heavy atom. The van der Waals surface area contributed by atoms with Gasteiger partial charge in [0.15, 0.2) is 5.52 Å². The first-order valence-corrected chi connectivity index (χ1v) is 14.8. The van der Waals surface area contributed by atoms with Crippen molar-refractivity contribution in [3.05, 3.63) is 28.7 Å². The van der Waals surface area contributed by atoms with Gasteiger partial charge in [0.1, 0.15) is 5.52 Å². The summed E-state index contributed by atoms with van der Waals surface area (Å²) in [4.78, 5) is 18.0. The Hall–Kier alpha value is -1.46. The van der Waals surface area contributed by atoms with Gasteiger partial charge in [0.05, 0.1) is 0 Å². The van der Waals surface area contributed by atoms with Crippen LogP contribution in [0.15, 0.2) is 23.1 Å². The van der Waals surface area contributed by atoms with E-state index in [2.05, 4.69) is 29.3 Å². The number of fused-ring (bicyclic) bond motifs is 1. The molecule has 8 nitrogen and oxygen atoms in total. The molecule has 0 N–H and O–H groups in total. The predicted octanol–water partition coefficient (Wildman–Crippen LogP) is 5.38. The Morgan fingerprint density at radius 3 is 1.59 bits per heavy atom. The quantitative estimate of drug-likeness (QED) is 0.386. The van der Waals surface area contributed by atoms with E-state index in [0.717, 1.165) is 39.3 Å². The van der Waals surface area contributed by atoms with Crippen LogP contribution in [-0.2, 0) is 0 Å². The first-order chi connectivity index (χ1) is 15.8. The zero-order valence-electron chi connectivity index (χ0n) is 18.4. The zero-order chi connectivity index (χ0) is 24.7. The van der Waals surface area contributed by atoms with Crippen LogP contribution in [0, 0.1) is 0 Å². The van der Waals surface area contributed by atoms with Gasteiger partial charge in [-0.1, -0.05) is 0 Å². The van der Waals surface area contributed by atoms with Crippen LogP contribution in [0.3, 0.4) is 0 Å². The van der Waals surface area contributed by atoms with E-state index in [9.17, 15) is 30.0 Å². The Morgan fingerprint density at radius 2 is 1.18 bits per heavy atom. The van der Waals surface area contributed by atoms with Gasteiger partial charge in [0, 0.05) is 45.5 Å². The molecular formula is C18H27F6N7OP2. The van der Waals surface area contributed by atoms with Crippen molar-refractivity contribution in [3.63, 3.8) is 0 Å². The maximum atomic E-state index is 13.6. The number of hydrogen-bond acceptors (Lipinski definition) is 7. The van der Waals surface area contributed by atoms with Crippen molar-refractivity contribution < 1.29 is 25.2 Å². The number of pyridine rings is 1. The Kier molecular flexibility index (Phi) is 6.47. The largest absolute Gasteiger partial charge is 0.359 e. The summed E-state index contributed by atoms with van der Waals surface area (Å²) in [6, 6.07) is 3.63. The summed E-state index contributed by atoms with van der Waals surface area (Å²) in [5, 5.41) is 8.97. The summed E-state index contributed by atoms with van der Waals surface area (Å²) in [6.07, 6.45) is 8.83. The van der Waals surface area contributed by atoms with Crippen LogP contribution in [0.4, 0.5) is 25.2 Å². The number of rotatable bonds is 4. The van der Waals surface area contributed by atoms with Crippen LogP contribution in [0.2, 0.25) is 0 Å². The molecule has 0 radical (unpaired) electrons. The van der Waals surface area contributed by atoms with E-state index in [1.165, 1.54) is 38.5 Å². The minimum absolute atomic E-state index is 0.0837. The van der Waals surface area contributed by atoms with Gasteiger partial charge >= 0.3 is 46.4 Å². The average molecular weight is 533 g/mol. The summed E-state index contributed by atoms with van der Waals surface area (Å²) in [7, 11) is -12.9. The monoisotopic (exact) mass is 533 g/mol. The average Bonchev–Trinajstić information content (AvgIpc) is 3.52. The summed E-state index contributed by atoms with van der Waals surface area (Å²) in [5.41, 5.74) is 0.940. The van der Waals surface area contributed by atoms with E-state index < -0.39 is 15.7 Å². The van der Waals surface area contributed by atoms with Crippen molar-refractivity contribution in [1.82, 2.24) is 33.8 Å². The molecule has 0 aliphatic carbocycles. The summed E-state index contributed by atoms with van der Waals surface area (Å²) in [6.45, 7) is 6.22. The zero-order valence-corrected chi connectivity index (χ0v) is 20.2. The van der Waals surface area contributed by atoms with Crippen molar-refractivity contribution in [2.24, 2.45) is 0 Å². The van der Waals surface area contributed by atoms with Gasteiger partial charge < -0.3 is 0 Å². The van der Waals surface area contributed by atoms with Gasteiger partial charge in [0.2, 0.25) is 0 Å². The molecule has 3 fully saturated rings. The molecule has 0 unspecified atom stereocenters. The second kappa shape index (κ2) is 8.58. The molecular weight excluding hydrogens is 506 g/mol. The molecule has 5 rings (SSSR count). The van der Waals surface area contributed by atoms with E-state index >= 15 is 0 Å². The fourth-order valence-electron chi connectivity index (χ4n) is 4.85. The molecule has 3 aliphatic heterocycles. The van der Waals surface area contributed by atoms with Crippen molar-refractivity contribution >= 4 is 26.7 Å². The van der Waals surface area contributed by atoms with Crippen LogP contribution in [-0.4, -0.2) is 73.0 Å². The number of halogens is 6. The maximum absolute atomic E-state index is 13.6. The molecule has 0 saturated carbocycles. The number of nitrogens with zero attached hydrogens (tertiary/aromatic N) is 7. The SMILES string of the molecule is F[P-](F)(F)(F)(F)F.O=c1c2ncccc2nnn1[P+](N1CCCC1)(N1CCCC1)N1CCCC1. The third-order valence-corrected chi connectivity index (χ3v) is 10.3. The van der Waals surface area contributed by atoms with Crippen molar-refractivity contribution in [2.75, 3.05) is 39.3 Å². The molecule has 192 valence electrons. The van der Waals surface area contributed by atoms with Crippen LogP contribution >= 0.6 is 15.7 Å². The Bertz CT molecular complexity index is 1030. The molecule has 0 amide bonds. The molecule has 2 aromatic rings. The normalized spacial score (nSPS) is 23.0. The topological polar surface area (TPSA) is 70.4 Å². The van der Waals surface area contributed by atoms with Crippen LogP contribution in [0.25, 0.3) is 11.0 Å².